The number of aliphatic hydroxyl groups excluding tert-OH is 1. The molecule has 5 rings (SSSR count). The van der Waals surface area contributed by atoms with Gasteiger partial charge in [0.15, 0.2) is 0 Å². The molecule has 1 heteroatoms. The lowest BCUT2D eigenvalue weighted by molar-refractivity contribution is -0.190. The van der Waals surface area contributed by atoms with Crippen molar-refractivity contribution in [3.8, 4) is 0 Å². The molecule has 0 aromatic rings. The van der Waals surface area contributed by atoms with Crippen molar-refractivity contribution < 1.29 is 5.11 Å². The van der Waals surface area contributed by atoms with Crippen molar-refractivity contribution >= 4 is 0 Å². The van der Waals surface area contributed by atoms with Crippen molar-refractivity contribution in [3.63, 3.8) is 0 Å². The lowest BCUT2D eigenvalue weighted by Gasteiger charge is -2.71. The molecule has 3 saturated carbocycles. The lowest BCUT2D eigenvalue weighted by atomic mass is 9.34. The van der Waals surface area contributed by atoms with E-state index < -0.39 is 0 Å². The van der Waals surface area contributed by atoms with E-state index in [1.165, 1.54) is 44.9 Å². The summed E-state index contributed by atoms with van der Waals surface area (Å²) in [7, 11) is 0. The van der Waals surface area contributed by atoms with Gasteiger partial charge in [-0.2, -0.15) is 0 Å². The molecule has 5 aliphatic carbocycles. The molecular weight excluding hydrogens is 376 g/mol. The van der Waals surface area contributed by atoms with Gasteiger partial charge < -0.3 is 5.11 Å². The Morgan fingerprint density at radius 2 is 1.55 bits per heavy atom. The topological polar surface area (TPSA) is 20.2 Å². The number of allylic oxidation sites excluding steroid dienone is 3. The highest BCUT2D eigenvalue weighted by atomic mass is 16.3. The highest BCUT2D eigenvalue weighted by Gasteiger charge is 2.68. The van der Waals surface area contributed by atoms with Crippen LogP contribution in [0.3, 0.4) is 0 Å². The zero-order valence-corrected chi connectivity index (χ0v) is 21.6. The molecule has 0 aliphatic heterocycles. The minimum atomic E-state index is -0.296. The molecule has 0 heterocycles. The summed E-state index contributed by atoms with van der Waals surface area (Å²) in [5.41, 5.74) is 3.35. The van der Waals surface area contributed by atoms with E-state index in [1.807, 2.05) is 0 Å². The van der Waals surface area contributed by atoms with E-state index in [1.54, 1.807) is 5.57 Å². The van der Waals surface area contributed by atoms with Crippen molar-refractivity contribution in [2.75, 3.05) is 0 Å². The highest BCUT2D eigenvalue weighted by Crippen LogP contribution is 2.75. The molecule has 0 bridgehead atoms. The second-order valence-electron chi connectivity index (χ2n) is 14.9. The average molecular weight is 425 g/mol. The van der Waals surface area contributed by atoms with Gasteiger partial charge in [-0.1, -0.05) is 79.2 Å². The standard InChI is InChI=1S/C30H48O/c1-25(2)14-15-27(5)16-17-29(7)20(21(27)19-25)18-22(31)24-28(6)12-9-11-26(3,4)23(28)10-13-30(24,29)8/h9,11,18,21-24,31H,10,12-17,19H2,1-8H3/t21?,22?,23?,24?,27-,28+,29+,30-/m1/s1. The number of rotatable bonds is 0. The van der Waals surface area contributed by atoms with E-state index in [9.17, 15) is 5.11 Å². The van der Waals surface area contributed by atoms with Crippen LogP contribution in [-0.4, -0.2) is 11.2 Å². The van der Waals surface area contributed by atoms with Gasteiger partial charge in [-0.25, -0.2) is 0 Å². The quantitative estimate of drug-likeness (QED) is 0.391. The SMILES string of the molecule is CC1(C)CC[C@]2(C)CC[C@@]3(C)C(=CC(O)C4[C@@]5(C)CC=CC(C)(C)C5CC[C@]43C)C2C1. The first-order valence-corrected chi connectivity index (χ1v) is 13.3. The van der Waals surface area contributed by atoms with E-state index >= 15 is 0 Å². The third kappa shape index (κ3) is 2.77. The van der Waals surface area contributed by atoms with Crippen LogP contribution in [0.2, 0.25) is 0 Å². The van der Waals surface area contributed by atoms with Crippen molar-refractivity contribution in [3.05, 3.63) is 23.8 Å². The molecule has 0 radical (unpaired) electrons. The van der Waals surface area contributed by atoms with Crippen molar-refractivity contribution in [1.82, 2.24) is 0 Å². The first kappa shape index (κ1) is 22.2. The van der Waals surface area contributed by atoms with Crippen LogP contribution in [0.4, 0.5) is 0 Å². The fourth-order valence-corrected chi connectivity index (χ4v) is 10.2. The van der Waals surface area contributed by atoms with Gasteiger partial charge >= 0.3 is 0 Å². The van der Waals surface area contributed by atoms with Crippen LogP contribution in [-0.2, 0) is 0 Å². The minimum Gasteiger partial charge on any atom is -0.389 e. The van der Waals surface area contributed by atoms with Crippen molar-refractivity contribution in [1.29, 1.82) is 0 Å². The van der Waals surface area contributed by atoms with Gasteiger partial charge in [-0.3, -0.25) is 0 Å². The molecular formula is C30H48O. The maximum Gasteiger partial charge on any atom is 0.0762 e. The van der Waals surface area contributed by atoms with Crippen LogP contribution in [0.25, 0.3) is 0 Å². The van der Waals surface area contributed by atoms with Gasteiger partial charge in [-0.15, -0.1) is 0 Å². The maximum absolute atomic E-state index is 11.9. The zero-order chi connectivity index (χ0) is 22.7. The maximum atomic E-state index is 11.9. The Labute approximate surface area is 192 Å². The van der Waals surface area contributed by atoms with Crippen LogP contribution in [0, 0.1) is 50.2 Å². The largest absolute Gasteiger partial charge is 0.389 e. The third-order valence-corrected chi connectivity index (χ3v) is 12.3. The Morgan fingerprint density at radius 1 is 0.871 bits per heavy atom. The summed E-state index contributed by atoms with van der Waals surface area (Å²) in [4.78, 5) is 0. The Hall–Kier alpha value is -0.560. The monoisotopic (exact) mass is 424 g/mol. The van der Waals surface area contributed by atoms with Crippen LogP contribution in [0.1, 0.15) is 107 Å². The predicted molar refractivity (Wildman–Crippen MR) is 131 cm³/mol. The summed E-state index contributed by atoms with van der Waals surface area (Å²) >= 11 is 0. The molecule has 0 spiro atoms. The molecule has 4 unspecified atom stereocenters. The van der Waals surface area contributed by atoms with Crippen LogP contribution < -0.4 is 0 Å². The second-order valence-corrected chi connectivity index (χ2v) is 14.9. The van der Waals surface area contributed by atoms with Crippen LogP contribution in [0.5, 0.6) is 0 Å². The van der Waals surface area contributed by atoms with E-state index in [4.69, 9.17) is 0 Å². The molecule has 3 fully saturated rings. The van der Waals surface area contributed by atoms with E-state index in [0.29, 0.717) is 28.6 Å². The Bertz CT molecular complexity index is 831. The predicted octanol–water partition coefficient (Wildman–Crippen LogP) is 7.94. The average Bonchev–Trinajstić information content (AvgIpc) is 2.64. The molecule has 174 valence electrons. The summed E-state index contributed by atoms with van der Waals surface area (Å²) in [5, 5.41) is 11.9. The zero-order valence-electron chi connectivity index (χ0n) is 21.6. The Kier molecular flexibility index (Phi) is 4.53. The van der Waals surface area contributed by atoms with Gasteiger partial charge in [-0.05, 0) is 95.7 Å². The first-order valence-electron chi connectivity index (χ1n) is 13.3. The number of hydrogen-bond donors (Lipinski definition) is 1. The van der Waals surface area contributed by atoms with Crippen LogP contribution >= 0.6 is 0 Å². The summed E-state index contributed by atoms with van der Waals surface area (Å²) in [5.74, 6) is 1.67. The normalized spacial score (nSPS) is 54.7. The molecule has 0 saturated heterocycles. The molecule has 1 N–H and O–H groups in total. The second kappa shape index (κ2) is 6.31. The van der Waals surface area contributed by atoms with Gasteiger partial charge in [0.05, 0.1) is 6.10 Å². The van der Waals surface area contributed by atoms with Gasteiger partial charge in [0, 0.05) is 5.92 Å². The van der Waals surface area contributed by atoms with Gasteiger partial charge in [0.1, 0.15) is 0 Å². The molecule has 5 aliphatic rings. The fourth-order valence-electron chi connectivity index (χ4n) is 10.2. The fraction of sp³-hybridized carbons (Fsp3) is 0.867. The van der Waals surface area contributed by atoms with Crippen LogP contribution in [0.15, 0.2) is 23.8 Å². The number of fused-ring (bicyclic) bond motifs is 7. The molecule has 0 aromatic heterocycles. The summed E-state index contributed by atoms with van der Waals surface area (Å²) in [6.45, 7) is 20.1. The molecule has 1 nitrogen and oxygen atoms in total. The minimum absolute atomic E-state index is 0.183. The summed E-state index contributed by atoms with van der Waals surface area (Å²) in [6.07, 6.45) is 17.4. The first-order chi connectivity index (χ1) is 14.2. The van der Waals surface area contributed by atoms with E-state index in [-0.39, 0.29) is 27.8 Å². The molecule has 8 atom stereocenters. The summed E-state index contributed by atoms with van der Waals surface area (Å²) in [6, 6.07) is 0. The van der Waals surface area contributed by atoms with Crippen molar-refractivity contribution in [2.45, 2.75) is 113 Å². The third-order valence-electron chi connectivity index (χ3n) is 12.3. The van der Waals surface area contributed by atoms with Gasteiger partial charge in [0.25, 0.3) is 0 Å². The molecule has 31 heavy (non-hydrogen) atoms. The molecule has 0 amide bonds. The van der Waals surface area contributed by atoms with Crippen molar-refractivity contribution in [2.24, 2.45) is 50.2 Å². The van der Waals surface area contributed by atoms with E-state index in [2.05, 4.69) is 73.6 Å². The number of aliphatic hydroxyl groups is 1. The Balaban J connectivity index is 1.63. The van der Waals surface area contributed by atoms with Gasteiger partial charge in [0.2, 0.25) is 0 Å². The number of hydrogen-bond acceptors (Lipinski definition) is 1. The molecule has 0 aromatic carbocycles. The Morgan fingerprint density at radius 3 is 2.26 bits per heavy atom. The highest BCUT2D eigenvalue weighted by molar-refractivity contribution is 5.35. The lowest BCUT2D eigenvalue weighted by Crippen LogP contribution is -2.65. The smallest absolute Gasteiger partial charge is 0.0762 e. The summed E-state index contributed by atoms with van der Waals surface area (Å²) < 4.78 is 0. The van der Waals surface area contributed by atoms with E-state index in [0.717, 1.165) is 6.42 Å².